The van der Waals surface area contributed by atoms with E-state index < -0.39 is 11.6 Å². The molecule has 0 amide bonds. The molecule has 30 heavy (non-hydrogen) atoms. The van der Waals surface area contributed by atoms with Gasteiger partial charge in [-0.15, -0.1) is 0 Å². The minimum absolute atomic E-state index is 0.0145. The van der Waals surface area contributed by atoms with E-state index in [1.54, 1.807) is 0 Å². The number of aliphatic hydroxyl groups is 1. The lowest BCUT2D eigenvalue weighted by Gasteiger charge is -2.57. The van der Waals surface area contributed by atoms with Gasteiger partial charge in [0.15, 0.2) is 11.6 Å². The van der Waals surface area contributed by atoms with Crippen LogP contribution in [-0.4, -0.2) is 44.9 Å². The molecule has 6 heteroatoms. The van der Waals surface area contributed by atoms with Gasteiger partial charge in [0.1, 0.15) is 5.60 Å². The molecule has 0 heterocycles. The molecule has 0 radical (unpaired) electrons. The number of carboxylic acids is 1. The number of Topliss-reactive ketones (excluding diaryl/α,β-unsaturated/α-hetero) is 1. The van der Waals surface area contributed by atoms with Gasteiger partial charge in [0, 0.05) is 12.2 Å². The van der Waals surface area contributed by atoms with E-state index in [9.17, 15) is 19.5 Å². The van der Waals surface area contributed by atoms with Gasteiger partial charge in [-0.3, -0.25) is 14.4 Å². The number of carboxylic acid groups (broad SMARTS) is 1. The number of ketones is 2. The Labute approximate surface area is 183 Å². The zero-order valence-corrected chi connectivity index (χ0v) is 18.9. The van der Waals surface area contributed by atoms with Crippen LogP contribution in [0.25, 0.3) is 0 Å². The van der Waals surface area contributed by atoms with Crippen molar-refractivity contribution >= 4 is 29.3 Å². The lowest BCUT2D eigenvalue weighted by Crippen LogP contribution is -2.49. The fourth-order valence-corrected chi connectivity index (χ4v) is 8.26. The highest BCUT2D eigenvalue weighted by molar-refractivity contribution is 7.99. The van der Waals surface area contributed by atoms with E-state index in [-0.39, 0.29) is 34.6 Å². The summed E-state index contributed by atoms with van der Waals surface area (Å²) in [5, 5.41) is 20.1. The fourth-order valence-electron chi connectivity index (χ4n) is 7.35. The van der Waals surface area contributed by atoms with E-state index in [0.29, 0.717) is 42.8 Å². The van der Waals surface area contributed by atoms with Crippen molar-refractivity contribution in [3.05, 3.63) is 11.6 Å². The van der Waals surface area contributed by atoms with E-state index in [0.717, 1.165) is 32.1 Å². The van der Waals surface area contributed by atoms with E-state index >= 15 is 0 Å². The summed E-state index contributed by atoms with van der Waals surface area (Å²) in [5.74, 6) is 1.24. The van der Waals surface area contributed by atoms with Crippen LogP contribution in [0.3, 0.4) is 0 Å². The predicted octanol–water partition coefficient (Wildman–Crippen LogP) is 4.03. The van der Waals surface area contributed by atoms with Crippen LogP contribution in [-0.2, 0) is 14.4 Å². The van der Waals surface area contributed by atoms with Gasteiger partial charge >= 0.3 is 5.97 Å². The predicted molar refractivity (Wildman–Crippen MR) is 116 cm³/mol. The molecular weight excluding hydrogens is 400 g/mol. The third-order valence-corrected chi connectivity index (χ3v) is 9.91. The van der Waals surface area contributed by atoms with Gasteiger partial charge < -0.3 is 10.2 Å². The molecule has 0 bridgehead atoms. The molecule has 0 unspecified atom stereocenters. The number of thioether (sulfide) groups is 1. The molecule has 0 aromatic rings. The molecule has 6 atom stereocenters. The van der Waals surface area contributed by atoms with Crippen molar-refractivity contribution in [3.63, 3.8) is 0 Å². The first-order valence-electron chi connectivity index (χ1n) is 11.4. The van der Waals surface area contributed by atoms with Crippen molar-refractivity contribution in [2.45, 2.75) is 77.2 Å². The Morgan fingerprint density at radius 1 is 1.17 bits per heavy atom. The summed E-state index contributed by atoms with van der Waals surface area (Å²) in [6, 6.07) is 0. The van der Waals surface area contributed by atoms with E-state index in [2.05, 4.69) is 13.8 Å². The average Bonchev–Trinajstić information content (AvgIpc) is 2.97. The summed E-state index contributed by atoms with van der Waals surface area (Å²) in [7, 11) is 0. The Morgan fingerprint density at radius 2 is 1.93 bits per heavy atom. The third kappa shape index (κ3) is 3.68. The smallest absolute Gasteiger partial charge is 0.304 e. The van der Waals surface area contributed by atoms with Gasteiger partial charge in [-0.05, 0) is 79.6 Å². The molecule has 0 saturated heterocycles. The Morgan fingerprint density at radius 3 is 2.67 bits per heavy atom. The second-order valence-corrected chi connectivity index (χ2v) is 11.8. The molecule has 4 rings (SSSR count). The molecule has 3 saturated carbocycles. The van der Waals surface area contributed by atoms with Crippen LogP contribution in [0.5, 0.6) is 0 Å². The van der Waals surface area contributed by atoms with Crippen molar-refractivity contribution in [3.8, 4) is 0 Å². The zero-order chi connectivity index (χ0) is 21.7. The summed E-state index contributed by atoms with van der Waals surface area (Å²) in [4.78, 5) is 35.6. The maximum atomic E-state index is 12.9. The Kier molecular flexibility index (Phi) is 5.72. The SMILES string of the molecule is C[C@]12CC[C@H]3[C@@H](CCC4=CC(=O)CC[C@@]43C)[C@@H]1C[C@](O)(C(=O)CSCCC(=O)O)C2. The Balaban J connectivity index is 1.49. The van der Waals surface area contributed by atoms with Gasteiger partial charge in [0.25, 0.3) is 0 Å². The first-order valence-corrected chi connectivity index (χ1v) is 12.5. The van der Waals surface area contributed by atoms with Crippen molar-refractivity contribution in [1.82, 2.24) is 0 Å². The second-order valence-electron chi connectivity index (χ2n) is 10.7. The summed E-state index contributed by atoms with van der Waals surface area (Å²) < 4.78 is 0. The van der Waals surface area contributed by atoms with E-state index in [1.165, 1.54) is 17.3 Å². The maximum Gasteiger partial charge on any atom is 0.304 e. The number of fused-ring (bicyclic) bond motifs is 5. The minimum atomic E-state index is -1.27. The Bertz CT molecular complexity index is 790. The molecule has 3 fully saturated rings. The van der Waals surface area contributed by atoms with Crippen LogP contribution in [0.4, 0.5) is 0 Å². The van der Waals surface area contributed by atoms with Gasteiger partial charge in [0.05, 0.1) is 12.2 Å². The van der Waals surface area contributed by atoms with Gasteiger partial charge in [-0.2, -0.15) is 11.8 Å². The topological polar surface area (TPSA) is 91.7 Å². The highest BCUT2D eigenvalue weighted by Gasteiger charge is 2.62. The summed E-state index contributed by atoms with van der Waals surface area (Å²) in [6.45, 7) is 4.60. The average molecular weight is 435 g/mol. The lowest BCUT2D eigenvalue weighted by molar-refractivity contribution is -0.136. The number of carbonyl (C=O) groups excluding carboxylic acids is 2. The summed E-state index contributed by atoms with van der Waals surface area (Å²) in [5.41, 5.74) is 0.140. The van der Waals surface area contributed by atoms with Gasteiger partial charge in [-0.1, -0.05) is 19.4 Å². The quantitative estimate of drug-likeness (QED) is 0.614. The van der Waals surface area contributed by atoms with Crippen molar-refractivity contribution in [1.29, 1.82) is 0 Å². The first-order chi connectivity index (χ1) is 14.1. The number of hydrogen-bond donors (Lipinski definition) is 2. The maximum absolute atomic E-state index is 12.9. The third-order valence-electron chi connectivity index (χ3n) is 8.95. The van der Waals surface area contributed by atoms with Crippen molar-refractivity contribution < 1.29 is 24.6 Å². The molecule has 4 aliphatic rings. The van der Waals surface area contributed by atoms with Gasteiger partial charge in [-0.25, -0.2) is 0 Å². The van der Waals surface area contributed by atoms with Gasteiger partial charge in [0.2, 0.25) is 0 Å². The summed E-state index contributed by atoms with van der Waals surface area (Å²) >= 11 is 1.31. The number of hydrogen-bond acceptors (Lipinski definition) is 5. The minimum Gasteiger partial charge on any atom is -0.481 e. The molecule has 0 aromatic heterocycles. The summed E-state index contributed by atoms with van der Waals surface area (Å²) in [6.07, 6.45) is 8.75. The number of allylic oxidation sites excluding steroid dienone is 1. The normalized spacial score (nSPS) is 42.7. The van der Waals surface area contributed by atoms with Crippen LogP contribution < -0.4 is 0 Å². The van der Waals surface area contributed by atoms with Crippen LogP contribution >= 0.6 is 11.8 Å². The zero-order valence-electron chi connectivity index (χ0n) is 18.1. The first kappa shape index (κ1) is 22.1. The van der Waals surface area contributed by atoms with E-state index in [4.69, 9.17) is 5.11 Å². The molecule has 2 N–H and O–H groups in total. The van der Waals surface area contributed by atoms with Crippen LogP contribution in [0.1, 0.15) is 71.6 Å². The van der Waals surface area contributed by atoms with Crippen LogP contribution in [0.2, 0.25) is 0 Å². The molecule has 0 spiro atoms. The van der Waals surface area contributed by atoms with Crippen LogP contribution in [0, 0.1) is 28.6 Å². The number of aliphatic carboxylic acids is 1. The fraction of sp³-hybridized carbons (Fsp3) is 0.792. The highest BCUT2D eigenvalue weighted by Crippen LogP contribution is 2.66. The standard InChI is InChI=1S/C24H34O5S/c1-22-8-6-18-17(4-3-15-11-16(25)5-9-23(15,18)2)19(22)12-24(29,14-22)20(26)13-30-10-7-21(27)28/h11,17-19,29H,3-10,12-14H2,1-2H3,(H,27,28)/t17-,18+,19+,22-,23+,24-/m1/s1. The lowest BCUT2D eigenvalue weighted by atomic mass is 9.47. The molecule has 0 aliphatic heterocycles. The molecular formula is C24H34O5S. The number of rotatable bonds is 6. The second kappa shape index (κ2) is 7.77. The Hall–Kier alpha value is -1.14. The monoisotopic (exact) mass is 434 g/mol. The van der Waals surface area contributed by atoms with Crippen molar-refractivity contribution in [2.24, 2.45) is 28.6 Å². The van der Waals surface area contributed by atoms with E-state index in [1.807, 2.05) is 6.08 Å². The molecule has 5 nitrogen and oxygen atoms in total. The molecule has 0 aromatic carbocycles. The van der Waals surface area contributed by atoms with Crippen molar-refractivity contribution in [2.75, 3.05) is 11.5 Å². The number of carbonyl (C=O) groups is 3. The van der Waals surface area contributed by atoms with Crippen LogP contribution in [0.15, 0.2) is 11.6 Å². The molecule has 4 aliphatic carbocycles. The molecule has 166 valence electrons. The highest BCUT2D eigenvalue weighted by atomic mass is 32.2. The largest absolute Gasteiger partial charge is 0.481 e.